The smallest absolute Gasteiger partial charge is 0.246 e. The van der Waals surface area contributed by atoms with Crippen molar-refractivity contribution in [2.24, 2.45) is 0 Å². The van der Waals surface area contributed by atoms with Crippen molar-refractivity contribution in [2.45, 2.75) is 32.4 Å². The first-order valence-corrected chi connectivity index (χ1v) is 6.13. The van der Waals surface area contributed by atoms with Gasteiger partial charge in [-0.15, -0.1) is 0 Å². The average Bonchev–Trinajstić information content (AvgIpc) is 3.08. The lowest BCUT2D eigenvalue weighted by molar-refractivity contribution is -0.125. The Hall–Kier alpha value is -1.21. The van der Waals surface area contributed by atoms with Gasteiger partial charge in [-0.3, -0.25) is 14.5 Å². The van der Waals surface area contributed by atoms with Crippen molar-refractivity contribution in [1.29, 1.82) is 0 Å². The van der Waals surface area contributed by atoms with Crippen LogP contribution in [0.5, 0.6) is 0 Å². The SMILES string of the molecule is CCOCC(=O)NCc1n[nH]c(=S)n1C1CC1. The molecule has 2 rings (SSSR count). The predicted octanol–water partition coefficient (Wildman–Crippen LogP) is 0.928. The van der Waals surface area contributed by atoms with Crippen LogP contribution in [0.3, 0.4) is 0 Å². The molecule has 7 heteroatoms. The molecule has 0 saturated heterocycles. The lowest BCUT2D eigenvalue weighted by Gasteiger charge is -2.06. The van der Waals surface area contributed by atoms with Gasteiger partial charge in [0.1, 0.15) is 6.61 Å². The number of hydrogen-bond acceptors (Lipinski definition) is 4. The number of aromatic nitrogens is 3. The molecule has 1 fully saturated rings. The van der Waals surface area contributed by atoms with Gasteiger partial charge >= 0.3 is 0 Å². The number of rotatable bonds is 6. The summed E-state index contributed by atoms with van der Waals surface area (Å²) in [5.41, 5.74) is 0. The zero-order chi connectivity index (χ0) is 12.3. The van der Waals surface area contributed by atoms with E-state index in [2.05, 4.69) is 15.5 Å². The molecule has 6 nitrogen and oxygen atoms in total. The Balaban J connectivity index is 1.90. The molecular weight excluding hydrogens is 240 g/mol. The van der Waals surface area contributed by atoms with Crippen LogP contribution in [-0.2, 0) is 16.1 Å². The largest absolute Gasteiger partial charge is 0.372 e. The summed E-state index contributed by atoms with van der Waals surface area (Å²) in [5, 5.41) is 9.63. The summed E-state index contributed by atoms with van der Waals surface area (Å²) in [4.78, 5) is 11.4. The lowest BCUT2D eigenvalue weighted by atomic mass is 10.5. The fourth-order valence-electron chi connectivity index (χ4n) is 1.59. The van der Waals surface area contributed by atoms with E-state index in [-0.39, 0.29) is 12.5 Å². The third-order valence-corrected chi connectivity index (χ3v) is 2.86. The number of H-pyrrole nitrogens is 1. The van der Waals surface area contributed by atoms with Gasteiger partial charge in [-0.2, -0.15) is 5.10 Å². The number of nitrogens with zero attached hydrogens (tertiary/aromatic N) is 2. The maximum absolute atomic E-state index is 11.4. The molecule has 1 aliphatic rings. The summed E-state index contributed by atoms with van der Waals surface area (Å²) >= 11 is 5.15. The average molecular weight is 256 g/mol. The number of ether oxygens (including phenoxy) is 1. The molecule has 17 heavy (non-hydrogen) atoms. The Labute approximate surface area is 104 Å². The Morgan fingerprint density at radius 2 is 2.47 bits per heavy atom. The van der Waals surface area contributed by atoms with Crippen molar-refractivity contribution >= 4 is 18.1 Å². The Morgan fingerprint density at radius 1 is 1.71 bits per heavy atom. The maximum Gasteiger partial charge on any atom is 0.246 e. The van der Waals surface area contributed by atoms with Crippen LogP contribution in [0.1, 0.15) is 31.6 Å². The molecule has 1 heterocycles. The van der Waals surface area contributed by atoms with Gasteiger partial charge in [-0.1, -0.05) is 0 Å². The minimum Gasteiger partial charge on any atom is -0.372 e. The Morgan fingerprint density at radius 3 is 3.12 bits per heavy atom. The quantitative estimate of drug-likeness (QED) is 0.743. The van der Waals surface area contributed by atoms with Gasteiger partial charge in [0.15, 0.2) is 10.6 Å². The van der Waals surface area contributed by atoms with Crippen LogP contribution in [0.4, 0.5) is 0 Å². The van der Waals surface area contributed by atoms with Crippen molar-refractivity contribution < 1.29 is 9.53 Å². The minimum atomic E-state index is -0.136. The summed E-state index contributed by atoms with van der Waals surface area (Å²) in [6.07, 6.45) is 2.27. The maximum atomic E-state index is 11.4. The summed E-state index contributed by atoms with van der Waals surface area (Å²) < 4.78 is 7.62. The molecule has 0 atom stereocenters. The molecule has 0 aromatic carbocycles. The van der Waals surface area contributed by atoms with E-state index in [0.717, 1.165) is 18.7 Å². The van der Waals surface area contributed by atoms with Gasteiger partial charge in [0, 0.05) is 12.6 Å². The second kappa shape index (κ2) is 5.42. The van der Waals surface area contributed by atoms with Crippen LogP contribution < -0.4 is 5.32 Å². The van der Waals surface area contributed by atoms with Crippen LogP contribution in [-0.4, -0.2) is 33.9 Å². The van der Waals surface area contributed by atoms with E-state index < -0.39 is 0 Å². The molecule has 94 valence electrons. The first kappa shape index (κ1) is 12.3. The van der Waals surface area contributed by atoms with Crippen LogP contribution in [0, 0.1) is 4.77 Å². The molecule has 0 aliphatic heterocycles. The van der Waals surface area contributed by atoms with Gasteiger partial charge < -0.3 is 10.1 Å². The summed E-state index contributed by atoms with van der Waals surface area (Å²) in [6.45, 7) is 2.86. The monoisotopic (exact) mass is 256 g/mol. The molecule has 1 aliphatic carbocycles. The van der Waals surface area contributed by atoms with Gasteiger partial charge in [-0.05, 0) is 32.0 Å². The lowest BCUT2D eigenvalue weighted by Crippen LogP contribution is -2.28. The second-order valence-corrected chi connectivity index (χ2v) is 4.35. The molecule has 0 bridgehead atoms. The standard InChI is InChI=1S/C10H16N4O2S/c1-2-16-6-9(15)11-5-8-12-13-10(17)14(8)7-3-4-7/h7H,2-6H2,1H3,(H,11,15)(H,13,17). The minimum absolute atomic E-state index is 0.0884. The Kier molecular flexibility index (Phi) is 3.90. The molecule has 0 spiro atoms. The molecule has 1 amide bonds. The van der Waals surface area contributed by atoms with Crippen molar-refractivity contribution in [1.82, 2.24) is 20.1 Å². The highest BCUT2D eigenvalue weighted by atomic mass is 32.1. The van der Waals surface area contributed by atoms with E-state index in [1.165, 1.54) is 0 Å². The Bertz CT molecular complexity index is 449. The fraction of sp³-hybridized carbons (Fsp3) is 0.700. The van der Waals surface area contributed by atoms with Gasteiger partial charge in [0.05, 0.1) is 6.54 Å². The topological polar surface area (TPSA) is 71.9 Å². The number of hydrogen-bond donors (Lipinski definition) is 2. The molecule has 0 unspecified atom stereocenters. The van der Waals surface area contributed by atoms with Crippen molar-refractivity contribution in [3.8, 4) is 0 Å². The second-order valence-electron chi connectivity index (χ2n) is 3.96. The summed E-state index contributed by atoms with van der Waals surface area (Å²) in [7, 11) is 0. The summed E-state index contributed by atoms with van der Waals surface area (Å²) in [6, 6.07) is 0.458. The predicted molar refractivity (Wildman–Crippen MR) is 64.0 cm³/mol. The molecule has 1 aromatic rings. The van der Waals surface area contributed by atoms with Gasteiger partial charge in [0.2, 0.25) is 5.91 Å². The zero-order valence-corrected chi connectivity index (χ0v) is 10.5. The highest BCUT2D eigenvalue weighted by Crippen LogP contribution is 2.35. The van der Waals surface area contributed by atoms with E-state index >= 15 is 0 Å². The van der Waals surface area contributed by atoms with Crippen LogP contribution in [0.15, 0.2) is 0 Å². The highest BCUT2D eigenvalue weighted by Gasteiger charge is 2.27. The molecule has 1 aromatic heterocycles. The summed E-state index contributed by atoms with van der Waals surface area (Å²) in [5.74, 6) is 0.644. The number of carbonyl (C=O) groups excluding carboxylic acids is 1. The van der Waals surface area contributed by atoms with Crippen LogP contribution in [0.25, 0.3) is 0 Å². The first-order chi connectivity index (χ1) is 8.22. The number of nitrogens with one attached hydrogen (secondary N) is 2. The third-order valence-electron chi connectivity index (χ3n) is 2.57. The molecular formula is C10H16N4O2S. The van der Waals surface area contributed by atoms with Crippen LogP contribution in [0.2, 0.25) is 0 Å². The van der Waals surface area contributed by atoms with Crippen LogP contribution >= 0.6 is 12.2 Å². The number of amides is 1. The van der Waals surface area contributed by atoms with Gasteiger partial charge in [0.25, 0.3) is 0 Å². The van der Waals surface area contributed by atoms with E-state index in [0.29, 0.717) is 24.0 Å². The normalized spacial score (nSPS) is 14.9. The first-order valence-electron chi connectivity index (χ1n) is 5.72. The van der Waals surface area contributed by atoms with E-state index in [1.807, 2.05) is 11.5 Å². The molecule has 2 N–H and O–H groups in total. The number of carbonyl (C=O) groups is 1. The van der Waals surface area contributed by atoms with Crippen molar-refractivity contribution in [2.75, 3.05) is 13.2 Å². The van der Waals surface area contributed by atoms with Crippen molar-refractivity contribution in [3.05, 3.63) is 10.6 Å². The van der Waals surface area contributed by atoms with E-state index in [9.17, 15) is 4.79 Å². The molecule has 0 radical (unpaired) electrons. The molecule has 1 saturated carbocycles. The van der Waals surface area contributed by atoms with Crippen molar-refractivity contribution in [3.63, 3.8) is 0 Å². The number of aromatic amines is 1. The van der Waals surface area contributed by atoms with E-state index in [4.69, 9.17) is 17.0 Å². The third kappa shape index (κ3) is 3.13. The fourth-order valence-corrected chi connectivity index (χ4v) is 1.89. The van der Waals surface area contributed by atoms with E-state index in [1.54, 1.807) is 0 Å². The zero-order valence-electron chi connectivity index (χ0n) is 9.73. The highest BCUT2D eigenvalue weighted by molar-refractivity contribution is 7.71. The van der Waals surface area contributed by atoms with Gasteiger partial charge in [-0.25, -0.2) is 0 Å².